The lowest BCUT2D eigenvalue weighted by molar-refractivity contribution is 0.0588. The second-order valence-electron chi connectivity index (χ2n) is 3.64. The van der Waals surface area contributed by atoms with Crippen molar-refractivity contribution in [3.63, 3.8) is 0 Å². The Morgan fingerprint density at radius 2 is 1.95 bits per heavy atom. The monoisotopic (exact) mass is 299 g/mol. The Morgan fingerprint density at radius 1 is 1.32 bits per heavy atom. The van der Waals surface area contributed by atoms with E-state index in [9.17, 15) is 9.18 Å². The predicted molar refractivity (Wildman–Crippen MR) is 71.0 cm³/mol. The number of ether oxygens (including phenoxy) is 1. The number of carbonyl (C=O) groups excluding carboxylic acids is 1. The van der Waals surface area contributed by atoms with Crippen LogP contribution in [0.1, 0.15) is 10.5 Å². The first kappa shape index (κ1) is 13.8. The highest BCUT2D eigenvalue weighted by atomic mass is 35.5. The Morgan fingerprint density at radius 3 is 2.47 bits per heavy atom. The lowest BCUT2D eigenvalue weighted by Gasteiger charge is -2.08. The van der Waals surface area contributed by atoms with E-state index >= 15 is 0 Å². The second kappa shape index (κ2) is 5.55. The molecule has 0 saturated heterocycles. The van der Waals surface area contributed by atoms with Crippen molar-refractivity contribution in [2.45, 2.75) is 0 Å². The predicted octanol–water partition coefficient (Wildman–Crippen LogP) is 3.98. The van der Waals surface area contributed by atoms with Crippen molar-refractivity contribution in [3.05, 3.63) is 52.0 Å². The van der Waals surface area contributed by atoms with Gasteiger partial charge in [-0.25, -0.2) is 14.2 Å². The first-order chi connectivity index (χ1) is 9.04. The van der Waals surface area contributed by atoms with Crippen molar-refractivity contribution < 1.29 is 13.9 Å². The average Bonchev–Trinajstić information content (AvgIpc) is 2.38. The molecule has 19 heavy (non-hydrogen) atoms. The van der Waals surface area contributed by atoms with Crippen LogP contribution in [0.2, 0.25) is 10.0 Å². The van der Waals surface area contributed by atoms with Crippen LogP contribution in [0.15, 0.2) is 30.5 Å². The Bertz CT molecular complexity index is 626. The minimum atomic E-state index is -0.839. The summed E-state index contributed by atoms with van der Waals surface area (Å²) in [5.74, 6) is -1.63. The quantitative estimate of drug-likeness (QED) is 0.787. The largest absolute Gasteiger partial charge is 0.464 e. The summed E-state index contributed by atoms with van der Waals surface area (Å²) in [4.78, 5) is 15.0. The molecule has 0 aliphatic rings. The highest BCUT2D eigenvalue weighted by Crippen LogP contribution is 2.34. The molecule has 1 aromatic carbocycles. The lowest BCUT2D eigenvalue weighted by atomic mass is 10.1. The minimum Gasteiger partial charge on any atom is -0.464 e. The van der Waals surface area contributed by atoms with E-state index in [0.717, 1.165) is 13.2 Å². The Labute approximate surface area is 118 Å². The van der Waals surface area contributed by atoms with Crippen LogP contribution in [0, 0.1) is 5.82 Å². The summed E-state index contributed by atoms with van der Waals surface area (Å²) in [5.41, 5.74) is 0.476. The average molecular weight is 300 g/mol. The Balaban J connectivity index is 2.54. The van der Waals surface area contributed by atoms with E-state index in [1.54, 1.807) is 18.2 Å². The van der Waals surface area contributed by atoms with Crippen LogP contribution in [0.3, 0.4) is 0 Å². The number of esters is 1. The fraction of sp³-hybridized carbons (Fsp3) is 0.0769. The molecule has 1 heterocycles. The number of benzene rings is 1. The molecule has 6 heteroatoms. The zero-order chi connectivity index (χ0) is 14.0. The van der Waals surface area contributed by atoms with Gasteiger partial charge in [0.25, 0.3) is 0 Å². The van der Waals surface area contributed by atoms with Crippen LogP contribution in [0.5, 0.6) is 0 Å². The summed E-state index contributed by atoms with van der Waals surface area (Å²) in [6.45, 7) is 0. The van der Waals surface area contributed by atoms with Gasteiger partial charge >= 0.3 is 5.97 Å². The lowest BCUT2D eigenvalue weighted by Crippen LogP contribution is -2.07. The molecule has 0 unspecified atom stereocenters. The summed E-state index contributed by atoms with van der Waals surface area (Å²) in [7, 11) is 1.16. The van der Waals surface area contributed by atoms with Crippen molar-refractivity contribution in [3.8, 4) is 11.1 Å². The normalized spacial score (nSPS) is 10.3. The van der Waals surface area contributed by atoms with Gasteiger partial charge in [-0.2, -0.15) is 0 Å². The smallest absolute Gasteiger partial charge is 0.359 e. The number of pyridine rings is 1. The van der Waals surface area contributed by atoms with E-state index in [-0.39, 0.29) is 5.69 Å². The van der Waals surface area contributed by atoms with Crippen LogP contribution >= 0.6 is 23.2 Å². The molecule has 0 N–H and O–H groups in total. The third kappa shape index (κ3) is 2.69. The fourth-order valence-corrected chi connectivity index (χ4v) is 2.21. The number of hydrogen-bond acceptors (Lipinski definition) is 3. The number of rotatable bonds is 2. The van der Waals surface area contributed by atoms with E-state index in [4.69, 9.17) is 23.2 Å². The standard InChI is InChI=1S/C13H8Cl2FNO2/c1-19-13(18)12-10(16)5-7(6-17-12)11-8(14)3-2-4-9(11)15/h2-6H,1H3. The summed E-state index contributed by atoms with van der Waals surface area (Å²) in [5, 5.41) is 0.749. The molecule has 0 radical (unpaired) electrons. The molecule has 0 spiro atoms. The third-order valence-corrected chi connectivity index (χ3v) is 3.10. The maximum atomic E-state index is 13.8. The van der Waals surface area contributed by atoms with Gasteiger partial charge in [0.2, 0.25) is 0 Å². The number of carbonyl (C=O) groups is 1. The maximum absolute atomic E-state index is 13.8. The molecule has 0 aliphatic heterocycles. The van der Waals surface area contributed by atoms with Crippen LogP contribution in [-0.2, 0) is 4.74 Å². The van der Waals surface area contributed by atoms with Crippen molar-refractivity contribution in [2.75, 3.05) is 7.11 Å². The van der Waals surface area contributed by atoms with Crippen molar-refractivity contribution in [1.82, 2.24) is 4.98 Å². The Kier molecular flexibility index (Phi) is 4.02. The van der Waals surface area contributed by atoms with E-state index in [1.807, 2.05) is 0 Å². The minimum absolute atomic E-state index is 0.375. The van der Waals surface area contributed by atoms with Gasteiger partial charge in [-0.1, -0.05) is 29.3 Å². The van der Waals surface area contributed by atoms with E-state index in [2.05, 4.69) is 9.72 Å². The van der Waals surface area contributed by atoms with Gasteiger partial charge in [0.15, 0.2) is 11.5 Å². The molecule has 0 amide bonds. The van der Waals surface area contributed by atoms with Crippen molar-refractivity contribution in [2.24, 2.45) is 0 Å². The first-order valence-corrected chi connectivity index (χ1v) is 5.98. The third-order valence-electron chi connectivity index (χ3n) is 2.47. The van der Waals surface area contributed by atoms with E-state index < -0.39 is 11.8 Å². The van der Waals surface area contributed by atoms with Crippen molar-refractivity contribution >= 4 is 29.2 Å². The van der Waals surface area contributed by atoms with E-state index in [1.165, 1.54) is 6.20 Å². The molecule has 2 rings (SSSR count). The number of hydrogen-bond donors (Lipinski definition) is 0. The molecule has 98 valence electrons. The summed E-state index contributed by atoms with van der Waals surface area (Å²) in [6, 6.07) is 6.09. The highest BCUT2D eigenvalue weighted by Gasteiger charge is 2.16. The zero-order valence-electron chi connectivity index (χ0n) is 9.78. The maximum Gasteiger partial charge on any atom is 0.359 e. The summed E-state index contributed by atoms with van der Waals surface area (Å²) < 4.78 is 18.2. The summed E-state index contributed by atoms with van der Waals surface area (Å²) >= 11 is 12.0. The molecule has 0 aliphatic carbocycles. The van der Waals surface area contributed by atoms with Gasteiger partial charge in [0.1, 0.15) is 0 Å². The molecule has 3 nitrogen and oxygen atoms in total. The van der Waals surface area contributed by atoms with Gasteiger partial charge in [0, 0.05) is 27.4 Å². The molecule has 0 saturated carbocycles. The molecule has 0 bridgehead atoms. The van der Waals surface area contributed by atoms with Crippen LogP contribution < -0.4 is 0 Å². The van der Waals surface area contributed by atoms with Gasteiger partial charge in [-0.05, 0) is 18.2 Å². The molecule has 0 atom stereocenters. The molecule has 2 aromatic rings. The molecule has 0 fully saturated rings. The van der Waals surface area contributed by atoms with Gasteiger partial charge in [-0.3, -0.25) is 0 Å². The van der Waals surface area contributed by atoms with Gasteiger partial charge < -0.3 is 4.74 Å². The number of aromatic nitrogens is 1. The Hall–Kier alpha value is -1.65. The molecule has 1 aromatic heterocycles. The van der Waals surface area contributed by atoms with Crippen LogP contribution in [0.25, 0.3) is 11.1 Å². The SMILES string of the molecule is COC(=O)c1ncc(-c2c(Cl)cccc2Cl)cc1F. The number of nitrogens with zero attached hydrogens (tertiary/aromatic N) is 1. The topological polar surface area (TPSA) is 39.2 Å². The van der Waals surface area contributed by atoms with Gasteiger partial charge in [-0.15, -0.1) is 0 Å². The van der Waals surface area contributed by atoms with Crippen LogP contribution in [0.4, 0.5) is 4.39 Å². The van der Waals surface area contributed by atoms with Gasteiger partial charge in [0.05, 0.1) is 7.11 Å². The van der Waals surface area contributed by atoms with E-state index in [0.29, 0.717) is 21.2 Å². The second-order valence-corrected chi connectivity index (χ2v) is 4.46. The highest BCUT2D eigenvalue weighted by molar-refractivity contribution is 6.39. The number of halogens is 3. The van der Waals surface area contributed by atoms with Crippen molar-refractivity contribution in [1.29, 1.82) is 0 Å². The summed E-state index contributed by atoms with van der Waals surface area (Å²) in [6.07, 6.45) is 1.32. The number of methoxy groups -OCH3 is 1. The first-order valence-electron chi connectivity index (χ1n) is 5.23. The molecular weight excluding hydrogens is 292 g/mol. The zero-order valence-corrected chi connectivity index (χ0v) is 11.3. The fourth-order valence-electron chi connectivity index (χ4n) is 1.60. The van der Waals surface area contributed by atoms with Crippen LogP contribution in [-0.4, -0.2) is 18.1 Å². The molecular formula is C13H8Cl2FNO2.